The summed E-state index contributed by atoms with van der Waals surface area (Å²) >= 11 is 0. The van der Waals surface area contributed by atoms with Crippen molar-refractivity contribution < 1.29 is 105 Å². The van der Waals surface area contributed by atoms with Crippen molar-refractivity contribution in [2.45, 2.75) is 180 Å². The third-order valence-corrected chi connectivity index (χ3v) is 17.9. The summed E-state index contributed by atoms with van der Waals surface area (Å²) in [5, 5.41) is 5.51. The molecule has 3 aromatic carbocycles. The monoisotopic (exact) mass is 1450 g/mol. The maximum absolute atomic E-state index is 14.7. The van der Waals surface area contributed by atoms with Crippen LogP contribution in [-0.2, 0) is 79.8 Å². The van der Waals surface area contributed by atoms with Gasteiger partial charge in [-0.1, -0.05) is 11.8 Å². The standard InChI is InChI=1S/C75H99N7O22/c1-74(2,3)103-72(89)81-56-45-60(58(91-7)43-52(56)68(87)78-27-14-17-54(78)70(81)101-66-19-9-11-30-97-66)99-47-50-40-49(16-13-25-76-63(84)24-32-93-34-36-95-38-39-96-37-35-94-33-26-77-62(83)23-29-80-64(85)21-22-65(80)86)41-51(42-50)48-100-61-46-57-53(44-59(61)92-8)69(88)79-28-15-18-55(79)71(102-67-20-10-12-31-98-67)82(57)73(90)104-75(4,5)6/h21-22,40-46,54-55,66-67,70-71H,9-12,14-15,17-20,23-39,47-48H2,1-8H3,(H,76,84)(H,77,83)/t54-,55-,66?,67?,70-,71-/m0/s1. The van der Waals surface area contributed by atoms with Gasteiger partial charge in [-0.05, 0) is 147 Å². The summed E-state index contributed by atoms with van der Waals surface area (Å²) in [6.45, 7) is 14.8. The first-order chi connectivity index (χ1) is 50.1. The van der Waals surface area contributed by atoms with Crippen LogP contribution in [0.2, 0.25) is 0 Å². The molecular formula is C75H99N7O22. The number of ether oxygens (including phenoxy) is 14. The number of amides is 8. The molecule has 3 aromatic rings. The molecule has 2 N–H and O–H groups in total. The molecule has 0 aliphatic carbocycles. The van der Waals surface area contributed by atoms with Gasteiger partial charge in [0.05, 0.1) is 108 Å². The number of imide groups is 1. The average Bonchev–Trinajstić information content (AvgIpc) is 1.59. The predicted octanol–water partition coefficient (Wildman–Crippen LogP) is 7.68. The Hall–Kier alpha value is -8.60. The first-order valence-corrected chi connectivity index (χ1v) is 36.0. The summed E-state index contributed by atoms with van der Waals surface area (Å²) < 4.78 is 85.3. The van der Waals surface area contributed by atoms with Crippen LogP contribution < -0.4 is 39.4 Å². The second kappa shape index (κ2) is 36.9. The van der Waals surface area contributed by atoms with Crippen LogP contribution in [0.1, 0.15) is 156 Å². The number of anilines is 2. The first-order valence-electron chi connectivity index (χ1n) is 36.0. The zero-order chi connectivity index (χ0) is 73.9. The van der Waals surface area contributed by atoms with Gasteiger partial charge in [0.15, 0.2) is 48.0 Å². The van der Waals surface area contributed by atoms with Crippen LogP contribution in [0.15, 0.2) is 54.6 Å². The number of hydrogen-bond donors (Lipinski definition) is 2. The van der Waals surface area contributed by atoms with Gasteiger partial charge in [-0.25, -0.2) is 19.4 Å². The number of fused-ring (bicyclic) bond motifs is 4. The van der Waals surface area contributed by atoms with Crippen LogP contribution in [-0.4, -0.2) is 224 Å². The highest BCUT2D eigenvalue weighted by Gasteiger charge is 2.50. The average molecular weight is 1450 g/mol. The van der Waals surface area contributed by atoms with Crippen LogP contribution in [0.25, 0.3) is 0 Å². The second-order valence-electron chi connectivity index (χ2n) is 28.0. The van der Waals surface area contributed by atoms with Crippen LogP contribution in [0.5, 0.6) is 23.0 Å². The van der Waals surface area contributed by atoms with E-state index >= 15 is 0 Å². The number of nitrogens with one attached hydrogen (secondary N) is 2. The molecule has 4 fully saturated rings. The predicted molar refractivity (Wildman–Crippen MR) is 375 cm³/mol. The van der Waals surface area contributed by atoms with Crippen molar-refractivity contribution in [2.24, 2.45) is 0 Å². The fourth-order valence-electron chi connectivity index (χ4n) is 13.1. The lowest BCUT2D eigenvalue weighted by Crippen LogP contribution is -2.54. The smallest absolute Gasteiger partial charge is 0.417 e. The van der Waals surface area contributed by atoms with Crippen molar-refractivity contribution in [1.29, 1.82) is 0 Å². The highest BCUT2D eigenvalue weighted by atomic mass is 16.7. The Morgan fingerprint density at radius 2 is 0.990 bits per heavy atom. The van der Waals surface area contributed by atoms with Gasteiger partial charge in [0.2, 0.25) is 11.8 Å². The molecule has 29 nitrogen and oxygen atoms in total. The van der Waals surface area contributed by atoms with Crippen LogP contribution in [0, 0.1) is 11.8 Å². The molecule has 0 bridgehead atoms. The summed E-state index contributed by atoms with van der Waals surface area (Å²) in [4.78, 5) is 115. The van der Waals surface area contributed by atoms with E-state index in [1.165, 1.54) is 36.2 Å². The molecule has 8 amide bonds. The van der Waals surface area contributed by atoms with Gasteiger partial charge in [-0.3, -0.25) is 33.7 Å². The van der Waals surface area contributed by atoms with Gasteiger partial charge in [0.25, 0.3) is 23.6 Å². The molecule has 29 heteroatoms. The minimum absolute atomic E-state index is 0.00119. The molecule has 7 aliphatic heterocycles. The van der Waals surface area contributed by atoms with Crippen molar-refractivity contribution in [3.63, 3.8) is 0 Å². The number of methoxy groups -OCH3 is 2. The molecule has 566 valence electrons. The number of rotatable bonds is 31. The number of nitrogens with zero attached hydrogens (tertiary/aromatic N) is 5. The fraction of sp³-hybridized carbons (Fsp3) is 0.600. The zero-order valence-corrected chi connectivity index (χ0v) is 60.9. The molecule has 0 radical (unpaired) electrons. The molecule has 7 aliphatic rings. The minimum Gasteiger partial charge on any atom is -0.493 e. The Morgan fingerprint density at radius 3 is 1.44 bits per heavy atom. The van der Waals surface area contributed by atoms with Crippen molar-refractivity contribution in [2.75, 3.05) is 123 Å². The van der Waals surface area contributed by atoms with Crippen LogP contribution in [0.4, 0.5) is 21.0 Å². The van der Waals surface area contributed by atoms with Crippen molar-refractivity contribution >= 4 is 59.0 Å². The van der Waals surface area contributed by atoms with Gasteiger partial charge in [-0.15, -0.1) is 0 Å². The quantitative estimate of drug-likeness (QED) is 0.0354. The first kappa shape index (κ1) is 78.0. The number of hydrogen-bond acceptors (Lipinski definition) is 22. The van der Waals surface area contributed by atoms with Gasteiger partial charge < -0.3 is 86.7 Å². The lowest BCUT2D eigenvalue weighted by atomic mass is 10.1. The molecule has 0 saturated carbocycles. The molecule has 0 spiro atoms. The number of carbonyl (C=O) groups is 8. The SMILES string of the molecule is COc1cc2c(cc1OCc1cc(C#CCNC(=O)CCOCCOCCOCCOCCNC(=O)CCN3C(=O)C=CC3=O)cc(COc3cc4c(cc3OC)C(=O)N3CCC[C@H]3[C@H](OC3CCCCO3)N4C(=O)OC(C)(C)C)c1)N(C(=O)OC(C)(C)C)[C@@H](OC1CCCCO1)[C@@H]1CCCN1C2=O. The van der Waals surface area contributed by atoms with E-state index in [4.69, 9.17) is 66.3 Å². The van der Waals surface area contributed by atoms with Gasteiger partial charge >= 0.3 is 12.2 Å². The summed E-state index contributed by atoms with van der Waals surface area (Å²) in [5.41, 5.74) is 0.692. The highest BCUT2D eigenvalue weighted by Crippen LogP contribution is 2.46. The van der Waals surface area contributed by atoms with E-state index in [2.05, 4.69) is 22.5 Å². The zero-order valence-electron chi connectivity index (χ0n) is 60.9. The molecule has 6 atom stereocenters. The molecule has 7 heterocycles. The van der Waals surface area contributed by atoms with Crippen molar-refractivity contribution in [1.82, 2.24) is 25.3 Å². The maximum atomic E-state index is 14.7. The Balaban J connectivity index is 0.822. The molecule has 10 rings (SSSR count). The third-order valence-electron chi connectivity index (χ3n) is 17.9. The van der Waals surface area contributed by atoms with Gasteiger partial charge in [0.1, 0.15) is 24.4 Å². The number of benzene rings is 3. The Morgan fingerprint density at radius 1 is 0.529 bits per heavy atom. The van der Waals surface area contributed by atoms with Crippen molar-refractivity contribution in [3.05, 3.63) is 82.4 Å². The van der Waals surface area contributed by atoms with Crippen LogP contribution >= 0.6 is 0 Å². The summed E-state index contributed by atoms with van der Waals surface area (Å²) in [7, 11) is 2.93. The number of carbonyl (C=O) groups excluding carboxylic acids is 8. The van der Waals surface area contributed by atoms with E-state index < -0.39 is 72.3 Å². The third kappa shape index (κ3) is 21.1. The highest BCUT2D eigenvalue weighted by molar-refractivity contribution is 6.13. The van der Waals surface area contributed by atoms with E-state index in [0.29, 0.717) is 108 Å². The molecule has 4 saturated heterocycles. The molecule has 2 unspecified atom stereocenters. The normalized spacial score (nSPS) is 20.9. The van der Waals surface area contributed by atoms with Gasteiger partial charge in [0, 0.05) is 82.1 Å². The fourth-order valence-corrected chi connectivity index (χ4v) is 13.1. The van der Waals surface area contributed by atoms with E-state index in [0.717, 1.165) is 30.6 Å². The summed E-state index contributed by atoms with van der Waals surface area (Å²) in [5.74, 6) is 5.03. The largest absolute Gasteiger partial charge is 0.493 e. The molecular weight excluding hydrogens is 1350 g/mol. The molecule has 104 heavy (non-hydrogen) atoms. The van der Waals surface area contributed by atoms with Crippen molar-refractivity contribution in [3.8, 4) is 34.8 Å². The Labute approximate surface area is 606 Å². The van der Waals surface area contributed by atoms with E-state index in [9.17, 15) is 38.4 Å². The van der Waals surface area contributed by atoms with E-state index in [1.54, 1.807) is 75.6 Å². The lowest BCUT2D eigenvalue weighted by molar-refractivity contribution is -0.196. The van der Waals surface area contributed by atoms with E-state index in [-0.39, 0.29) is 141 Å². The molecule has 0 aromatic heterocycles. The van der Waals surface area contributed by atoms with Gasteiger partial charge in [-0.2, -0.15) is 0 Å². The minimum atomic E-state index is -0.978. The Bertz CT molecular complexity index is 3440. The van der Waals surface area contributed by atoms with Crippen LogP contribution in [0.3, 0.4) is 0 Å². The summed E-state index contributed by atoms with van der Waals surface area (Å²) in [6.07, 6.45) is 5.01. The Kier molecular flexibility index (Phi) is 27.7. The van der Waals surface area contributed by atoms with E-state index in [1.807, 2.05) is 18.2 Å². The lowest BCUT2D eigenvalue weighted by Gasteiger charge is -2.39. The summed E-state index contributed by atoms with van der Waals surface area (Å²) in [6, 6.07) is 10.8. The maximum Gasteiger partial charge on any atom is 0.417 e. The second-order valence-corrected chi connectivity index (χ2v) is 28.0. The topological polar surface area (TPSA) is 306 Å².